The first-order valence-electron chi connectivity index (χ1n) is 8.46. The van der Waals surface area contributed by atoms with Crippen molar-refractivity contribution in [1.82, 2.24) is 9.80 Å². The predicted molar refractivity (Wildman–Crippen MR) is 81.2 cm³/mol. The molecule has 5 nitrogen and oxygen atoms in total. The van der Waals surface area contributed by atoms with Crippen LogP contribution >= 0.6 is 0 Å². The minimum Gasteiger partial charge on any atom is -0.466 e. The van der Waals surface area contributed by atoms with E-state index in [9.17, 15) is 9.90 Å². The van der Waals surface area contributed by atoms with Gasteiger partial charge in [0.05, 0.1) is 12.8 Å². The molecule has 3 fully saturated rings. The van der Waals surface area contributed by atoms with Crippen molar-refractivity contribution in [2.24, 2.45) is 0 Å². The lowest BCUT2D eigenvalue weighted by Crippen LogP contribution is -2.52. The molecule has 22 heavy (non-hydrogen) atoms. The molecule has 3 aliphatic rings. The summed E-state index contributed by atoms with van der Waals surface area (Å²) in [7, 11) is 0. The van der Waals surface area contributed by atoms with Gasteiger partial charge in [-0.1, -0.05) is 0 Å². The van der Waals surface area contributed by atoms with Gasteiger partial charge < -0.3 is 14.4 Å². The van der Waals surface area contributed by atoms with Gasteiger partial charge in [-0.05, 0) is 50.7 Å². The summed E-state index contributed by atoms with van der Waals surface area (Å²) >= 11 is 0. The summed E-state index contributed by atoms with van der Waals surface area (Å²) in [5.41, 5.74) is -0.859. The Morgan fingerprint density at radius 2 is 1.95 bits per heavy atom. The molecule has 0 saturated carbocycles. The van der Waals surface area contributed by atoms with Crippen LogP contribution in [0.5, 0.6) is 0 Å². The maximum Gasteiger partial charge on any atom is 0.236 e. The van der Waals surface area contributed by atoms with Gasteiger partial charge in [-0.15, -0.1) is 0 Å². The van der Waals surface area contributed by atoms with Crippen molar-refractivity contribution in [3.8, 4) is 0 Å². The highest BCUT2D eigenvalue weighted by molar-refractivity contribution is 5.78. The number of carbonyl (C=O) groups is 1. The molecule has 1 amide bonds. The molecule has 4 rings (SSSR count). The predicted octanol–water partition coefficient (Wildman–Crippen LogP) is 1.72. The van der Waals surface area contributed by atoms with E-state index in [0.717, 1.165) is 38.8 Å². The average Bonchev–Trinajstić information content (AvgIpc) is 3.22. The number of amides is 1. The minimum absolute atomic E-state index is 0.262. The number of aliphatic hydroxyl groups is 1. The lowest BCUT2D eigenvalue weighted by Gasteiger charge is -2.42. The molecule has 5 heteroatoms. The molecule has 1 aromatic rings. The highest BCUT2D eigenvalue weighted by Gasteiger charge is 2.50. The maximum atomic E-state index is 12.4. The van der Waals surface area contributed by atoms with E-state index in [4.69, 9.17) is 4.42 Å². The summed E-state index contributed by atoms with van der Waals surface area (Å²) in [6.45, 7) is 2.35. The van der Waals surface area contributed by atoms with Crippen LogP contribution in [0.1, 0.15) is 44.3 Å². The molecule has 0 radical (unpaired) electrons. The molecule has 4 heterocycles. The molecule has 2 bridgehead atoms. The molecule has 120 valence electrons. The number of carbonyl (C=O) groups excluding carboxylic acids is 1. The monoisotopic (exact) mass is 304 g/mol. The van der Waals surface area contributed by atoms with Gasteiger partial charge >= 0.3 is 0 Å². The fourth-order valence-corrected chi connectivity index (χ4v) is 4.54. The number of nitrogens with zero attached hydrogens (tertiary/aromatic N) is 2. The molecular weight excluding hydrogens is 280 g/mol. The fourth-order valence-electron chi connectivity index (χ4n) is 4.54. The van der Waals surface area contributed by atoms with Crippen molar-refractivity contribution in [3.63, 3.8) is 0 Å². The van der Waals surface area contributed by atoms with E-state index in [2.05, 4.69) is 4.90 Å². The molecule has 2 atom stereocenters. The number of likely N-dealkylation sites (tertiary alicyclic amines) is 1. The zero-order valence-electron chi connectivity index (χ0n) is 12.9. The zero-order chi connectivity index (χ0) is 15.2. The van der Waals surface area contributed by atoms with Crippen LogP contribution in [0.3, 0.4) is 0 Å². The third-order valence-corrected chi connectivity index (χ3v) is 5.67. The zero-order valence-corrected chi connectivity index (χ0v) is 12.9. The number of furan rings is 1. The van der Waals surface area contributed by atoms with Crippen LogP contribution in [0, 0.1) is 0 Å². The van der Waals surface area contributed by atoms with E-state index in [1.54, 1.807) is 6.26 Å². The Kier molecular flexibility index (Phi) is 3.50. The normalized spacial score (nSPS) is 35.2. The fraction of sp³-hybridized carbons (Fsp3) is 0.706. The second kappa shape index (κ2) is 5.39. The molecule has 0 aliphatic carbocycles. The topological polar surface area (TPSA) is 56.9 Å². The Morgan fingerprint density at radius 1 is 1.27 bits per heavy atom. The van der Waals surface area contributed by atoms with Crippen molar-refractivity contribution >= 4 is 5.91 Å². The van der Waals surface area contributed by atoms with Crippen LogP contribution in [0.4, 0.5) is 0 Å². The van der Waals surface area contributed by atoms with E-state index in [-0.39, 0.29) is 5.91 Å². The number of hydrogen-bond acceptors (Lipinski definition) is 4. The van der Waals surface area contributed by atoms with Crippen LogP contribution in [0.2, 0.25) is 0 Å². The maximum absolute atomic E-state index is 12.4. The SMILES string of the molecule is O=C(CN1[C@@H]2CC[C@@H]1CC(O)(c1ccco1)C2)N1CCCC1. The highest BCUT2D eigenvalue weighted by Crippen LogP contribution is 2.45. The number of hydrogen-bond donors (Lipinski definition) is 1. The number of piperidine rings is 1. The molecule has 3 aliphatic heterocycles. The van der Waals surface area contributed by atoms with Crippen molar-refractivity contribution in [2.45, 2.75) is 56.2 Å². The summed E-state index contributed by atoms with van der Waals surface area (Å²) < 4.78 is 5.45. The van der Waals surface area contributed by atoms with Crippen LogP contribution in [-0.2, 0) is 10.4 Å². The van der Waals surface area contributed by atoms with Crippen LogP contribution in [0.25, 0.3) is 0 Å². The van der Waals surface area contributed by atoms with Crippen molar-refractivity contribution < 1.29 is 14.3 Å². The van der Waals surface area contributed by atoms with Gasteiger partial charge in [-0.2, -0.15) is 0 Å². The van der Waals surface area contributed by atoms with Crippen LogP contribution in [0.15, 0.2) is 22.8 Å². The summed E-state index contributed by atoms with van der Waals surface area (Å²) in [5, 5.41) is 11.0. The summed E-state index contributed by atoms with van der Waals surface area (Å²) in [5.74, 6) is 0.938. The first-order chi connectivity index (χ1) is 10.7. The number of rotatable bonds is 3. The van der Waals surface area contributed by atoms with E-state index in [1.165, 1.54) is 0 Å². The second-order valence-corrected chi connectivity index (χ2v) is 7.06. The van der Waals surface area contributed by atoms with Gasteiger partial charge in [-0.25, -0.2) is 0 Å². The largest absolute Gasteiger partial charge is 0.466 e. The van der Waals surface area contributed by atoms with Gasteiger partial charge in [0.25, 0.3) is 0 Å². The molecule has 0 aromatic carbocycles. The number of fused-ring (bicyclic) bond motifs is 2. The van der Waals surface area contributed by atoms with Gasteiger partial charge in [0, 0.05) is 25.2 Å². The Balaban J connectivity index is 1.46. The Morgan fingerprint density at radius 3 is 2.55 bits per heavy atom. The molecule has 0 unspecified atom stereocenters. The lowest BCUT2D eigenvalue weighted by atomic mass is 9.84. The Bertz CT molecular complexity index is 522. The quantitative estimate of drug-likeness (QED) is 0.924. The minimum atomic E-state index is -0.859. The van der Waals surface area contributed by atoms with Crippen LogP contribution in [-0.4, -0.2) is 52.5 Å². The summed E-state index contributed by atoms with van der Waals surface area (Å²) in [4.78, 5) is 16.7. The third-order valence-electron chi connectivity index (χ3n) is 5.67. The third kappa shape index (κ3) is 2.36. The summed E-state index contributed by atoms with van der Waals surface area (Å²) in [6.07, 6.45) is 7.38. The van der Waals surface area contributed by atoms with E-state index in [1.807, 2.05) is 17.0 Å². The van der Waals surface area contributed by atoms with Crippen molar-refractivity contribution in [2.75, 3.05) is 19.6 Å². The summed E-state index contributed by atoms with van der Waals surface area (Å²) in [6, 6.07) is 4.28. The molecule has 1 N–H and O–H groups in total. The lowest BCUT2D eigenvalue weighted by molar-refractivity contribution is -0.135. The first kappa shape index (κ1) is 14.3. The van der Waals surface area contributed by atoms with E-state index >= 15 is 0 Å². The van der Waals surface area contributed by atoms with Gasteiger partial charge in [0.15, 0.2) is 0 Å². The first-order valence-corrected chi connectivity index (χ1v) is 8.46. The Labute approximate surface area is 130 Å². The molecular formula is C17H24N2O3. The van der Waals surface area contributed by atoms with Gasteiger partial charge in [-0.3, -0.25) is 9.69 Å². The standard InChI is InChI=1S/C17H24N2O3/c20-16(18-7-1-2-8-18)12-19-13-5-6-14(19)11-17(21,10-13)15-4-3-9-22-15/h3-4,9,13-14,21H,1-2,5-8,10-12H2/t13-,14-/m1/s1. The van der Waals surface area contributed by atoms with Gasteiger partial charge in [0.2, 0.25) is 5.91 Å². The van der Waals surface area contributed by atoms with Crippen molar-refractivity contribution in [1.29, 1.82) is 0 Å². The molecule has 3 saturated heterocycles. The average molecular weight is 304 g/mol. The second-order valence-electron chi connectivity index (χ2n) is 7.06. The molecule has 1 aromatic heterocycles. The molecule has 0 spiro atoms. The van der Waals surface area contributed by atoms with Crippen molar-refractivity contribution in [3.05, 3.63) is 24.2 Å². The van der Waals surface area contributed by atoms with Gasteiger partial charge in [0.1, 0.15) is 11.4 Å². The van der Waals surface area contributed by atoms with E-state index in [0.29, 0.717) is 37.2 Å². The van der Waals surface area contributed by atoms with Crippen LogP contribution < -0.4 is 0 Å². The highest BCUT2D eigenvalue weighted by atomic mass is 16.4. The smallest absolute Gasteiger partial charge is 0.236 e. The van der Waals surface area contributed by atoms with E-state index < -0.39 is 5.60 Å². The Hall–Kier alpha value is -1.33.